The van der Waals surface area contributed by atoms with Crippen molar-refractivity contribution in [3.8, 4) is 0 Å². The maximum atomic E-state index is 11.5. The third-order valence-electron chi connectivity index (χ3n) is 2.28. The minimum absolute atomic E-state index is 0.198. The molecule has 0 saturated carbocycles. The number of carbonyl (C=O) groups is 1. The van der Waals surface area contributed by atoms with Crippen molar-refractivity contribution in [1.82, 2.24) is 0 Å². The van der Waals surface area contributed by atoms with Crippen molar-refractivity contribution in [3.63, 3.8) is 0 Å². The van der Waals surface area contributed by atoms with E-state index in [1.807, 2.05) is 6.07 Å². The molecule has 0 fully saturated rings. The molecule has 74 valence electrons. The van der Waals surface area contributed by atoms with Crippen LogP contribution in [0.15, 0.2) is 18.2 Å². The van der Waals surface area contributed by atoms with Gasteiger partial charge in [-0.15, -0.1) is 0 Å². The van der Waals surface area contributed by atoms with E-state index in [9.17, 15) is 4.79 Å². The fourth-order valence-electron chi connectivity index (χ4n) is 1.55. The van der Waals surface area contributed by atoms with Gasteiger partial charge in [0.05, 0.1) is 5.56 Å². The average Bonchev–Trinajstić information content (AvgIpc) is 2.19. The van der Waals surface area contributed by atoms with Crippen LogP contribution in [0.2, 0.25) is 5.02 Å². The average molecular weight is 212 g/mol. The van der Waals surface area contributed by atoms with Gasteiger partial charge in [-0.2, -0.15) is 0 Å². The van der Waals surface area contributed by atoms with Crippen LogP contribution in [-0.4, -0.2) is 18.6 Å². The molecule has 0 bridgehead atoms. The summed E-state index contributed by atoms with van der Waals surface area (Å²) < 4.78 is 5.09. The van der Waals surface area contributed by atoms with Gasteiger partial charge in [0.15, 0.2) is 0 Å². The fourth-order valence-corrected chi connectivity index (χ4v) is 1.72. The van der Waals surface area contributed by atoms with Crippen LogP contribution < -0.4 is 5.73 Å². The number of benzene rings is 1. The molecule has 1 aromatic carbocycles. The smallest absolute Gasteiger partial charge is 0.338 e. The Hall–Kier alpha value is -1.06. The van der Waals surface area contributed by atoms with E-state index in [4.69, 9.17) is 22.1 Å². The van der Waals surface area contributed by atoms with E-state index < -0.39 is 0 Å². The van der Waals surface area contributed by atoms with Crippen molar-refractivity contribution in [2.24, 2.45) is 5.73 Å². The monoisotopic (exact) mass is 211 g/mol. The Morgan fingerprint density at radius 1 is 1.57 bits per heavy atom. The molecule has 1 aliphatic rings. The molecule has 0 saturated heterocycles. The molecule has 0 aromatic heterocycles. The summed E-state index contributed by atoms with van der Waals surface area (Å²) in [5.41, 5.74) is 6.97. The number of cyclic esters (lactones) is 1. The van der Waals surface area contributed by atoms with Crippen molar-refractivity contribution in [1.29, 1.82) is 0 Å². The maximum absolute atomic E-state index is 11.5. The molecule has 1 heterocycles. The molecule has 14 heavy (non-hydrogen) atoms. The third-order valence-corrected chi connectivity index (χ3v) is 2.51. The van der Waals surface area contributed by atoms with Crippen LogP contribution in [0.4, 0.5) is 0 Å². The maximum Gasteiger partial charge on any atom is 0.338 e. The number of esters is 1. The number of halogens is 1. The second-order valence-corrected chi connectivity index (χ2v) is 3.71. The van der Waals surface area contributed by atoms with Gasteiger partial charge in [-0.25, -0.2) is 4.79 Å². The highest BCUT2D eigenvalue weighted by Crippen LogP contribution is 2.23. The van der Waals surface area contributed by atoms with Crippen LogP contribution >= 0.6 is 11.6 Å². The zero-order chi connectivity index (χ0) is 10.1. The summed E-state index contributed by atoms with van der Waals surface area (Å²) >= 11 is 5.78. The van der Waals surface area contributed by atoms with Crippen molar-refractivity contribution in [3.05, 3.63) is 34.3 Å². The second kappa shape index (κ2) is 3.59. The van der Waals surface area contributed by atoms with E-state index in [1.54, 1.807) is 12.1 Å². The number of carbonyl (C=O) groups excluding carboxylic acids is 1. The lowest BCUT2D eigenvalue weighted by molar-refractivity contribution is 0.0279. The summed E-state index contributed by atoms with van der Waals surface area (Å²) in [6.07, 6.45) is 0.477. The molecule has 3 nitrogen and oxygen atoms in total. The fraction of sp³-hybridized carbons (Fsp3) is 0.300. The van der Waals surface area contributed by atoms with E-state index in [-0.39, 0.29) is 12.1 Å². The van der Waals surface area contributed by atoms with E-state index in [1.165, 1.54) is 0 Å². The molecular weight excluding hydrogens is 202 g/mol. The Balaban J connectivity index is 2.40. The molecule has 1 atom stereocenters. The van der Waals surface area contributed by atoms with Crippen molar-refractivity contribution < 1.29 is 9.53 Å². The van der Waals surface area contributed by atoms with Crippen LogP contribution in [0.3, 0.4) is 0 Å². The molecular formula is C10H10ClNO2. The topological polar surface area (TPSA) is 52.3 Å². The lowest BCUT2D eigenvalue weighted by Crippen LogP contribution is -2.33. The predicted molar refractivity (Wildman–Crippen MR) is 53.4 cm³/mol. The number of hydrogen-bond acceptors (Lipinski definition) is 3. The zero-order valence-electron chi connectivity index (χ0n) is 7.50. The highest BCUT2D eigenvalue weighted by atomic mass is 35.5. The lowest BCUT2D eigenvalue weighted by atomic mass is 9.99. The standard InChI is InChI=1S/C10H10ClNO2/c11-7-2-1-6-3-8(5-12)14-10(13)9(6)4-7/h1-2,4,8H,3,5,12H2. The van der Waals surface area contributed by atoms with Crippen LogP contribution in [0.25, 0.3) is 0 Å². The molecule has 0 radical (unpaired) electrons. The molecule has 1 unspecified atom stereocenters. The van der Waals surface area contributed by atoms with E-state index >= 15 is 0 Å². The minimum atomic E-state index is -0.329. The summed E-state index contributed by atoms with van der Waals surface area (Å²) in [5.74, 6) is -0.329. The highest BCUT2D eigenvalue weighted by molar-refractivity contribution is 6.31. The normalized spacial score (nSPS) is 20.1. The van der Waals surface area contributed by atoms with Gasteiger partial charge >= 0.3 is 5.97 Å². The molecule has 1 aliphatic heterocycles. The molecule has 0 spiro atoms. The molecule has 0 aliphatic carbocycles. The van der Waals surface area contributed by atoms with Crippen LogP contribution in [0, 0.1) is 0 Å². The summed E-state index contributed by atoms with van der Waals surface area (Å²) in [6.45, 7) is 0.355. The first-order chi connectivity index (χ1) is 6.70. The van der Waals surface area contributed by atoms with Gasteiger partial charge in [-0.3, -0.25) is 0 Å². The van der Waals surface area contributed by atoms with Crippen molar-refractivity contribution >= 4 is 17.6 Å². The molecule has 2 rings (SSSR count). The number of fused-ring (bicyclic) bond motifs is 1. The minimum Gasteiger partial charge on any atom is -0.457 e. The number of hydrogen-bond donors (Lipinski definition) is 1. The van der Waals surface area contributed by atoms with Crippen LogP contribution in [0.1, 0.15) is 15.9 Å². The van der Waals surface area contributed by atoms with Gasteiger partial charge in [0.1, 0.15) is 6.10 Å². The number of rotatable bonds is 1. The SMILES string of the molecule is NCC1Cc2ccc(Cl)cc2C(=O)O1. The Morgan fingerprint density at radius 2 is 2.36 bits per heavy atom. The quantitative estimate of drug-likeness (QED) is 0.714. The van der Waals surface area contributed by atoms with Gasteiger partial charge in [-0.1, -0.05) is 17.7 Å². The first-order valence-electron chi connectivity index (χ1n) is 4.40. The Morgan fingerprint density at radius 3 is 3.07 bits per heavy atom. The second-order valence-electron chi connectivity index (χ2n) is 3.27. The number of nitrogens with two attached hydrogens (primary N) is 1. The first-order valence-corrected chi connectivity index (χ1v) is 4.78. The summed E-state index contributed by atoms with van der Waals surface area (Å²) in [4.78, 5) is 11.5. The number of ether oxygens (including phenoxy) is 1. The predicted octanol–water partition coefficient (Wildman–Crippen LogP) is 1.38. The highest BCUT2D eigenvalue weighted by Gasteiger charge is 2.25. The van der Waals surface area contributed by atoms with Crippen molar-refractivity contribution in [2.75, 3.05) is 6.54 Å². The third kappa shape index (κ3) is 1.61. The van der Waals surface area contributed by atoms with E-state index in [2.05, 4.69) is 0 Å². The Labute approximate surface area is 86.8 Å². The lowest BCUT2D eigenvalue weighted by Gasteiger charge is -2.23. The van der Waals surface area contributed by atoms with Crippen LogP contribution in [0.5, 0.6) is 0 Å². The molecule has 1 aromatic rings. The Kier molecular flexibility index (Phi) is 2.44. The van der Waals surface area contributed by atoms with Crippen molar-refractivity contribution in [2.45, 2.75) is 12.5 Å². The summed E-state index contributed by atoms with van der Waals surface area (Å²) in [6, 6.07) is 5.25. The first kappa shape index (κ1) is 9.49. The largest absolute Gasteiger partial charge is 0.457 e. The van der Waals surface area contributed by atoms with Gasteiger partial charge in [-0.05, 0) is 17.7 Å². The summed E-state index contributed by atoms with van der Waals surface area (Å²) in [7, 11) is 0. The molecule has 0 amide bonds. The Bertz CT molecular complexity index is 378. The molecule has 2 N–H and O–H groups in total. The molecule has 4 heteroatoms. The van der Waals surface area contributed by atoms with Crippen LogP contribution in [-0.2, 0) is 11.2 Å². The van der Waals surface area contributed by atoms with E-state index in [0.29, 0.717) is 23.6 Å². The summed E-state index contributed by atoms with van der Waals surface area (Å²) in [5, 5.41) is 0.548. The van der Waals surface area contributed by atoms with Gasteiger partial charge in [0, 0.05) is 18.0 Å². The zero-order valence-corrected chi connectivity index (χ0v) is 8.25. The van der Waals surface area contributed by atoms with E-state index in [0.717, 1.165) is 5.56 Å². The van der Waals surface area contributed by atoms with Gasteiger partial charge in [0.25, 0.3) is 0 Å². The van der Waals surface area contributed by atoms with Gasteiger partial charge < -0.3 is 10.5 Å². The van der Waals surface area contributed by atoms with Gasteiger partial charge in [0.2, 0.25) is 0 Å².